The van der Waals surface area contributed by atoms with Crippen LogP contribution in [0.5, 0.6) is 11.5 Å². The summed E-state index contributed by atoms with van der Waals surface area (Å²) in [7, 11) is 4.93. The molecule has 0 radical (unpaired) electrons. The Morgan fingerprint density at radius 1 is 0.923 bits per heavy atom. The molecule has 39 heavy (non-hydrogen) atoms. The summed E-state index contributed by atoms with van der Waals surface area (Å²) in [5.74, 6) is 0.925. The largest absolute Gasteiger partial charge is 0.493 e. The van der Waals surface area contributed by atoms with Gasteiger partial charge in [0.1, 0.15) is 0 Å². The van der Waals surface area contributed by atoms with Gasteiger partial charge in [0.05, 0.1) is 31.2 Å². The van der Waals surface area contributed by atoms with Crippen LogP contribution in [0.2, 0.25) is 0 Å². The minimum atomic E-state index is -0.221. The summed E-state index contributed by atoms with van der Waals surface area (Å²) in [5, 5.41) is 6.42. The normalized spacial score (nSPS) is 13.5. The summed E-state index contributed by atoms with van der Waals surface area (Å²) in [6.07, 6.45) is 0.463. The van der Waals surface area contributed by atoms with Crippen molar-refractivity contribution in [2.75, 3.05) is 56.4 Å². The lowest BCUT2D eigenvalue weighted by molar-refractivity contribution is -0.118. The number of fused-ring (bicyclic) bond motifs is 1. The Balaban J connectivity index is 1.65. The average Bonchev–Trinajstić information content (AvgIpc) is 3.29. The van der Waals surface area contributed by atoms with Crippen LogP contribution >= 0.6 is 0 Å². The van der Waals surface area contributed by atoms with E-state index in [-0.39, 0.29) is 11.8 Å². The Hall–Kier alpha value is -4.30. The monoisotopic (exact) mass is 528 g/mol. The van der Waals surface area contributed by atoms with Crippen molar-refractivity contribution < 1.29 is 19.1 Å². The fourth-order valence-corrected chi connectivity index (χ4v) is 4.65. The van der Waals surface area contributed by atoms with Gasteiger partial charge in [0, 0.05) is 43.0 Å². The first kappa shape index (κ1) is 27.7. The lowest BCUT2D eigenvalue weighted by atomic mass is 9.99. The molecule has 2 N–H and O–H groups in total. The van der Waals surface area contributed by atoms with Crippen LogP contribution in [0.15, 0.2) is 66.7 Å². The SMILES string of the molecule is CCN(CC)CCC(=O)N(C)c1ccc(N/C(=C2\C(=O)Nc3cc(OC)c(OC)cc32)c2ccccc2)cc1. The number of amides is 2. The van der Waals surface area contributed by atoms with Crippen LogP contribution < -0.4 is 25.0 Å². The highest BCUT2D eigenvalue weighted by molar-refractivity contribution is 6.37. The second-order valence-corrected chi connectivity index (χ2v) is 9.22. The fourth-order valence-electron chi connectivity index (χ4n) is 4.65. The van der Waals surface area contributed by atoms with Gasteiger partial charge >= 0.3 is 0 Å². The van der Waals surface area contributed by atoms with Crippen molar-refractivity contribution in [1.29, 1.82) is 0 Å². The predicted octanol–water partition coefficient (Wildman–Crippen LogP) is 5.33. The number of hydrogen-bond acceptors (Lipinski definition) is 6. The zero-order valence-electron chi connectivity index (χ0n) is 23.2. The van der Waals surface area contributed by atoms with Gasteiger partial charge in [-0.25, -0.2) is 0 Å². The van der Waals surface area contributed by atoms with Crippen molar-refractivity contribution in [3.05, 3.63) is 77.9 Å². The van der Waals surface area contributed by atoms with Crippen LogP contribution in [-0.4, -0.2) is 57.6 Å². The number of nitrogens with one attached hydrogen (secondary N) is 2. The molecular weight excluding hydrogens is 492 g/mol. The molecular formula is C31H36N4O4. The summed E-state index contributed by atoms with van der Waals surface area (Å²) >= 11 is 0. The van der Waals surface area contributed by atoms with E-state index in [1.165, 1.54) is 0 Å². The van der Waals surface area contributed by atoms with Gasteiger partial charge in [-0.15, -0.1) is 0 Å². The van der Waals surface area contributed by atoms with Crippen LogP contribution in [0.1, 0.15) is 31.4 Å². The molecule has 3 aromatic rings. The highest BCUT2D eigenvalue weighted by Crippen LogP contribution is 2.43. The van der Waals surface area contributed by atoms with Crippen molar-refractivity contribution in [2.24, 2.45) is 0 Å². The molecule has 0 aromatic heterocycles. The van der Waals surface area contributed by atoms with Gasteiger partial charge in [-0.1, -0.05) is 44.2 Å². The second kappa shape index (κ2) is 12.5. The van der Waals surface area contributed by atoms with E-state index in [0.717, 1.165) is 42.1 Å². The van der Waals surface area contributed by atoms with Crippen molar-refractivity contribution in [3.63, 3.8) is 0 Å². The van der Waals surface area contributed by atoms with Crippen molar-refractivity contribution in [2.45, 2.75) is 20.3 Å². The number of carbonyl (C=O) groups excluding carboxylic acids is 2. The Morgan fingerprint density at radius 3 is 2.18 bits per heavy atom. The Labute approximate surface area is 230 Å². The smallest absolute Gasteiger partial charge is 0.258 e. The Morgan fingerprint density at radius 2 is 1.56 bits per heavy atom. The second-order valence-electron chi connectivity index (χ2n) is 9.22. The number of carbonyl (C=O) groups is 2. The quantitative estimate of drug-likeness (QED) is 0.327. The van der Waals surface area contributed by atoms with Crippen molar-refractivity contribution in [3.8, 4) is 11.5 Å². The first-order valence-corrected chi connectivity index (χ1v) is 13.1. The van der Waals surface area contributed by atoms with Gasteiger partial charge in [-0.3, -0.25) is 9.59 Å². The summed E-state index contributed by atoms with van der Waals surface area (Å²) in [4.78, 5) is 30.0. The maximum absolute atomic E-state index is 13.3. The molecule has 1 aliphatic heterocycles. The number of rotatable bonds is 11. The molecule has 204 valence electrons. The van der Waals surface area contributed by atoms with Gasteiger partial charge in [-0.2, -0.15) is 0 Å². The van der Waals surface area contributed by atoms with Gasteiger partial charge in [-0.05, 0) is 49.0 Å². The van der Waals surface area contributed by atoms with E-state index in [4.69, 9.17) is 9.47 Å². The van der Waals surface area contributed by atoms with E-state index in [1.54, 1.807) is 32.2 Å². The minimum Gasteiger partial charge on any atom is -0.493 e. The van der Waals surface area contributed by atoms with Crippen LogP contribution in [0, 0.1) is 0 Å². The van der Waals surface area contributed by atoms with Crippen LogP contribution in [0.3, 0.4) is 0 Å². The maximum Gasteiger partial charge on any atom is 0.258 e. The Bertz CT molecular complexity index is 1350. The Kier molecular flexibility index (Phi) is 8.88. The average molecular weight is 529 g/mol. The molecule has 1 aliphatic rings. The molecule has 3 aromatic carbocycles. The van der Waals surface area contributed by atoms with E-state index in [9.17, 15) is 9.59 Å². The third-order valence-electron chi connectivity index (χ3n) is 7.02. The van der Waals surface area contributed by atoms with Crippen LogP contribution in [0.25, 0.3) is 11.3 Å². The molecule has 0 spiro atoms. The topological polar surface area (TPSA) is 83.1 Å². The fraction of sp³-hybridized carbons (Fsp3) is 0.290. The third-order valence-corrected chi connectivity index (χ3v) is 7.02. The molecule has 1 heterocycles. The van der Waals surface area contributed by atoms with E-state index < -0.39 is 0 Å². The number of methoxy groups -OCH3 is 2. The highest BCUT2D eigenvalue weighted by Gasteiger charge is 2.30. The molecule has 0 saturated carbocycles. The molecule has 0 saturated heterocycles. The van der Waals surface area contributed by atoms with Gasteiger partial charge < -0.3 is 29.9 Å². The number of nitrogens with zero attached hydrogens (tertiary/aromatic N) is 2. The lowest BCUT2D eigenvalue weighted by Crippen LogP contribution is -2.32. The molecule has 0 unspecified atom stereocenters. The number of benzene rings is 3. The molecule has 4 rings (SSSR count). The van der Waals surface area contributed by atoms with Gasteiger partial charge in [0.25, 0.3) is 5.91 Å². The molecule has 0 bridgehead atoms. The molecule has 2 amide bonds. The summed E-state index contributed by atoms with van der Waals surface area (Å²) in [6, 6.07) is 20.9. The molecule has 0 aliphatic carbocycles. The summed E-state index contributed by atoms with van der Waals surface area (Å²) < 4.78 is 10.9. The van der Waals surface area contributed by atoms with Gasteiger partial charge in [0.15, 0.2) is 11.5 Å². The van der Waals surface area contributed by atoms with Crippen molar-refractivity contribution >= 4 is 40.1 Å². The summed E-state index contributed by atoms with van der Waals surface area (Å²) in [5.41, 5.74) is 5.00. The molecule has 8 nitrogen and oxygen atoms in total. The van der Waals surface area contributed by atoms with E-state index in [1.807, 2.05) is 60.7 Å². The predicted molar refractivity (Wildman–Crippen MR) is 157 cm³/mol. The first-order chi connectivity index (χ1) is 18.9. The van der Waals surface area contributed by atoms with Crippen molar-refractivity contribution in [1.82, 2.24) is 4.90 Å². The van der Waals surface area contributed by atoms with Crippen LogP contribution in [0.4, 0.5) is 17.1 Å². The van der Waals surface area contributed by atoms with E-state index in [2.05, 4.69) is 29.4 Å². The lowest BCUT2D eigenvalue weighted by Gasteiger charge is -2.22. The highest BCUT2D eigenvalue weighted by atomic mass is 16.5. The van der Waals surface area contributed by atoms with Gasteiger partial charge in [0.2, 0.25) is 5.91 Å². The maximum atomic E-state index is 13.3. The summed E-state index contributed by atoms with van der Waals surface area (Å²) in [6.45, 7) is 6.79. The molecule has 0 atom stereocenters. The number of anilines is 3. The number of ether oxygens (including phenoxy) is 2. The zero-order valence-corrected chi connectivity index (χ0v) is 23.2. The van der Waals surface area contributed by atoms with Crippen LogP contribution in [-0.2, 0) is 9.59 Å². The standard InChI is InChI=1S/C31H36N4O4/c1-6-35(7-2)18-17-28(36)34(3)23-15-13-22(14-16-23)32-30(21-11-9-8-10-12-21)29-24-19-26(38-4)27(39-5)20-25(24)33-31(29)37/h8-16,19-20,32H,6-7,17-18H2,1-5H3,(H,33,37)/b30-29-. The minimum absolute atomic E-state index is 0.0679. The molecule has 0 fully saturated rings. The number of hydrogen-bond donors (Lipinski definition) is 2. The van der Waals surface area contributed by atoms with E-state index in [0.29, 0.717) is 34.9 Å². The molecule has 8 heteroatoms. The third kappa shape index (κ3) is 6.07. The zero-order chi connectivity index (χ0) is 27.9. The first-order valence-electron chi connectivity index (χ1n) is 13.1. The van der Waals surface area contributed by atoms with E-state index >= 15 is 0 Å².